The highest BCUT2D eigenvalue weighted by Gasteiger charge is 2.03. The summed E-state index contributed by atoms with van der Waals surface area (Å²) >= 11 is 0. The van der Waals surface area contributed by atoms with E-state index in [9.17, 15) is 4.79 Å². The van der Waals surface area contributed by atoms with Gasteiger partial charge in [0.25, 0.3) is 5.91 Å². The highest BCUT2D eigenvalue weighted by Crippen LogP contribution is 2.13. The molecule has 1 aromatic heterocycles. The minimum absolute atomic E-state index is 0.145. The molecule has 0 radical (unpaired) electrons. The lowest BCUT2D eigenvalue weighted by atomic mass is 10.2. The lowest BCUT2D eigenvalue weighted by Gasteiger charge is -2.06. The number of aromatic nitrogens is 2. The van der Waals surface area contributed by atoms with Gasteiger partial charge in [0.1, 0.15) is 11.6 Å². The standard InChI is InChI=1S/C13H14N4O2/c1-19-10-4-2-3-9(7-10)8-15-12-6-5-11(13(14)18)16-17-12/h2-7H,8H2,1H3,(H2,14,18)(H,15,17). The molecule has 0 saturated carbocycles. The first kappa shape index (κ1) is 12.8. The summed E-state index contributed by atoms with van der Waals surface area (Å²) in [4.78, 5) is 10.8. The third-order valence-corrected chi connectivity index (χ3v) is 2.52. The summed E-state index contributed by atoms with van der Waals surface area (Å²) in [5, 5.41) is 10.7. The van der Waals surface area contributed by atoms with Crippen molar-refractivity contribution < 1.29 is 9.53 Å². The minimum atomic E-state index is -0.591. The first-order valence-electron chi connectivity index (χ1n) is 5.69. The van der Waals surface area contributed by atoms with Gasteiger partial charge in [-0.3, -0.25) is 4.79 Å². The van der Waals surface area contributed by atoms with Crippen LogP contribution >= 0.6 is 0 Å². The maximum absolute atomic E-state index is 10.8. The predicted octanol–water partition coefficient (Wildman–Crippen LogP) is 1.20. The summed E-state index contributed by atoms with van der Waals surface area (Å²) in [5.74, 6) is 0.786. The Morgan fingerprint density at radius 3 is 2.79 bits per heavy atom. The smallest absolute Gasteiger partial charge is 0.269 e. The number of hydrogen-bond acceptors (Lipinski definition) is 5. The molecule has 0 atom stereocenters. The number of nitrogens with zero attached hydrogens (tertiary/aromatic N) is 2. The SMILES string of the molecule is COc1cccc(CNc2ccc(C(N)=O)nn2)c1. The zero-order valence-electron chi connectivity index (χ0n) is 10.5. The van der Waals surface area contributed by atoms with Gasteiger partial charge in [-0.05, 0) is 29.8 Å². The summed E-state index contributed by atoms with van der Waals surface area (Å²) < 4.78 is 5.14. The molecule has 2 rings (SSSR count). The van der Waals surface area contributed by atoms with Crippen molar-refractivity contribution >= 4 is 11.7 Å². The molecule has 0 aliphatic carbocycles. The van der Waals surface area contributed by atoms with Crippen molar-refractivity contribution in [1.29, 1.82) is 0 Å². The largest absolute Gasteiger partial charge is 0.497 e. The predicted molar refractivity (Wildman–Crippen MR) is 70.9 cm³/mol. The van der Waals surface area contributed by atoms with Crippen LogP contribution in [0.1, 0.15) is 16.1 Å². The summed E-state index contributed by atoms with van der Waals surface area (Å²) in [6, 6.07) is 10.9. The number of primary amides is 1. The lowest BCUT2D eigenvalue weighted by molar-refractivity contribution is 0.0994. The Morgan fingerprint density at radius 2 is 2.16 bits per heavy atom. The van der Waals surface area contributed by atoms with Crippen LogP contribution < -0.4 is 15.8 Å². The molecule has 1 amide bonds. The normalized spacial score (nSPS) is 9.95. The molecule has 3 N–H and O–H groups in total. The van der Waals surface area contributed by atoms with Crippen molar-refractivity contribution in [3.05, 3.63) is 47.7 Å². The monoisotopic (exact) mass is 258 g/mol. The molecule has 0 spiro atoms. The first-order chi connectivity index (χ1) is 9.19. The van der Waals surface area contributed by atoms with Gasteiger partial charge < -0.3 is 15.8 Å². The van der Waals surface area contributed by atoms with Gasteiger partial charge in [0.15, 0.2) is 5.69 Å². The van der Waals surface area contributed by atoms with E-state index in [1.807, 2.05) is 24.3 Å². The molecule has 1 aromatic carbocycles. The number of methoxy groups -OCH3 is 1. The highest BCUT2D eigenvalue weighted by molar-refractivity contribution is 5.90. The number of carbonyl (C=O) groups is 1. The molecular formula is C13H14N4O2. The molecule has 1 heterocycles. The number of benzene rings is 1. The highest BCUT2D eigenvalue weighted by atomic mass is 16.5. The van der Waals surface area contributed by atoms with Gasteiger partial charge in [0, 0.05) is 6.54 Å². The topological polar surface area (TPSA) is 90.1 Å². The Labute approximate surface area is 110 Å². The molecule has 2 aromatic rings. The van der Waals surface area contributed by atoms with Crippen molar-refractivity contribution in [1.82, 2.24) is 10.2 Å². The van der Waals surface area contributed by atoms with E-state index in [-0.39, 0.29) is 5.69 Å². The number of amides is 1. The van der Waals surface area contributed by atoms with Crippen LogP contribution in [-0.2, 0) is 6.54 Å². The Hall–Kier alpha value is -2.63. The third-order valence-electron chi connectivity index (χ3n) is 2.52. The summed E-state index contributed by atoms with van der Waals surface area (Å²) in [5.41, 5.74) is 6.29. The average Bonchev–Trinajstić information content (AvgIpc) is 2.46. The fourth-order valence-electron chi connectivity index (χ4n) is 1.53. The van der Waals surface area contributed by atoms with Gasteiger partial charge in [-0.15, -0.1) is 10.2 Å². The molecule has 19 heavy (non-hydrogen) atoms. The number of nitrogens with two attached hydrogens (primary N) is 1. The molecule has 0 aliphatic heterocycles. The maximum Gasteiger partial charge on any atom is 0.269 e. The van der Waals surface area contributed by atoms with Crippen LogP contribution in [-0.4, -0.2) is 23.2 Å². The molecular weight excluding hydrogens is 244 g/mol. The Bertz CT molecular complexity index is 569. The lowest BCUT2D eigenvalue weighted by Crippen LogP contribution is -2.14. The summed E-state index contributed by atoms with van der Waals surface area (Å²) in [6.07, 6.45) is 0. The van der Waals surface area contributed by atoms with E-state index in [2.05, 4.69) is 15.5 Å². The molecule has 0 fully saturated rings. The van der Waals surface area contributed by atoms with Crippen LogP contribution in [0.5, 0.6) is 5.75 Å². The number of anilines is 1. The number of rotatable bonds is 5. The minimum Gasteiger partial charge on any atom is -0.497 e. The van der Waals surface area contributed by atoms with Gasteiger partial charge in [-0.25, -0.2) is 0 Å². The van der Waals surface area contributed by atoms with Gasteiger partial charge >= 0.3 is 0 Å². The fourth-order valence-corrected chi connectivity index (χ4v) is 1.53. The van der Waals surface area contributed by atoms with E-state index in [1.165, 1.54) is 6.07 Å². The van der Waals surface area contributed by atoms with Crippen LogP contribution in [0.4, 0.5) is 5.82 Å². The van der Waals surface area contributed by atoms with E-state index in [0.29, 0.717) is 12.4 Å². The second kappa shape index (κ2) is 5.81. The van der Waals surface area contributed by atoms with Crippen molar-refractivity contribution in [2.24, 2.45) is 5.73 Å². The van der Waals surface area contributed by atoms with E-state index in [1.54, 1.807) is 13.2 Å². The zero-order chi connectivity index (χ0) is 13.7. The molecule has 6 nitrogen and oxygen atoms in total. The molecule has 6 heteroatoms. The van der Waals surface area contributed by atoms with Crippen molar-refractivity contribution in [2.75, 3.05) is 12.4 Å². The van der Waals surface area contributed by atoms with Crippen LogP contribution in [0.2, 0.25) is 0 Å². The van der Waals surface area contributed by atoms with Crippen molar-refractivity contribution in [3.8, 4) is 5.75 Å². The number of carbonyl (C=O) groups excluding carboxylic acids is 1. The van der Waals surface area contributed by atoms with E-state index in [4.69, 9.17) is 10.5 Å². The Morgan fingerprint density at radius 1 is 1.32 bits per heavy atom. The maximum atomic E-state index is 10.8. The van der Waals surface area contributed by atoms with Gasteiger partial charge in [0.2, 0.25) is 0 Å². The summed E-state index contributed by atoms with van der Waals surface area (Å²) in [7, 11) is 1.63. The fraction of sp³-hybridized carbons (Fsp3) is 0.154. The quantitative estimate of drug-likeness (QED) is 0.840. The molecule has 0 unspecified atom stereocenters. The molecule has 98 valence electrons. The van der Waals surface area contributed by atoms with Crippen LogP contribution in [0.15, 0.2) is 36.4 Å². The van der Waals surface area contributed by atoms with E-state index < -0.39 is 5.91 Å². The van der Waals surface area contributed by atoms with Gasteiger partial charge in [-0.1, -0.05) is 12.1 Å². The second-order valence-corrected chi connectivity index (χ2v) is 3.87. The Balaban J connectivity index is 1.99. The number of ether oxygens (including phenoxy) is 1. The Kier molecular flexibility index (Phi) is 3.92. The van der Waals surface area contributed by atoms with Crippen LogP contribution in [0.25, 0.3) is 0 Å². The van der Waals surface area contributed by atoms with Gasteiger partial charge in [-0.2, -0.15) is 0 Å². The van der Waals surface area contributed by atoms with E-state index in [0.717, 1.165) is 11.3 Å². The third kappa shape index (κ3) is 3.41. The van der Waals surface area contributed by atoms with Crippen LogP contribution in [0, 0.1) is 0 Å². The van der Waals surface area contributed by atoms with Crippen molar-refractivity contribution in [2.45, 2.75) is 6.54 Å². The zero-order valence-corrected chi connectivity index (χ0v) is 10.5. The second-order valence-electron chi connectivity index (χ2n) is 3.87. The average molecular weight is 258 g/mol. The number of hydrogen-bond donors (Lipinski definition) is 2. The molecule has 0 saturated heterocycles. The van der Waals surface area contributed by atoms with Crippen LogP contribution in [0.3, 0.4) is 0 Å². The number of nitrogens with one attached hydrogen (secondary N) is 1. The van der Waals surface area contributed by atoms with Crippen molar-refractivity contribution in [3.63, 3.8) is 0 Å². The van der Waals surface area contributed by atoms with E-state index >= 15 is 0 Å². The van der Waals surface area contributed by atoms with Gasteiger partial charge in [0.05, 0.1) is 7.11 Å². The molecule has 0 bridgehead atoms. The first-order valence-corrected chi connectivity index (χ1v) is 5.69. The molecule has 0 aliphatic rings. The summed E-state index contributed by atoms with van der Waals surface area (Å²) in [6.45, 7) is 0.585.